The van der Waals surface area contributed by atoms with Crippen molar-refractivity contribution in [3.8, 4) is 11.8 Å². The lowest BCUT2D eigenvalue weighted by atomic mass is 10.3. The Hall–Kier alpha value is -2.83. The average molecular weight is 289 g/mol. The number of aliphatic carboxylic acids is 1. The van der Waals surface area contributed by atoms with E-state index in [0.29, 0.717) is 17.4 Å². The number of ether oxygens (including phenoxy) is 2. The van der Waals surface area contributed by atoms with E-state index in [-0.39, 0.29) is 12.5 Å². The number of benzene rings is 1. The second kappa shape index (κ2) is 6.56. The molecule has 0 aliphatic carbocycles. The normalized spacial score (nSPS) is 10.0. The number of carboxylic acid groups (broad SMARTS) is 1. The Balaban J connectivity index is 2.48. The highest BCUT2D eigenvalue weighted by Gasteiger charge is 2.18. The molecule has 0 amide bonds. The quantitative estimate of drug-likeness (QED) is 0.866. The molecular formula is C14H15N3O4. The van der Waals surface area contributed by atoms with E-state index in [2.05, 4.69) is 9.97 Å². The Bertz CT molecular complexity index is 597. The molecule has 0 spiro atoms. The van der Waals surface area contributed by atoms with Crippen LogP contribution < -0.4 is 14.4 Å². The average Bonchev–Trinajstić information content (AvgIpc) is 2.52. The fourth-order valence-electron chi connectivity index (χ4n) is 1.74. The van der Waals surface area contributed by atoms with Crippen LogP contribution in [0.3, 0.4) is 0 Å². The number of carboxylic acids is 1. The second-order valence-corrected chi connectivity index (χ2v) is 4.07. The Morgan fingerprint density at radius 2 is 1.71 bits per heavy atom. The van der Waals surface area contributed by atoms with Crippen LogP contribution in [0.25, 0.3) is 0 Å². The molecule has 7 heteroatoms. The molecule has 0 unspecified atom stereocenters. The molecular weight excluding hydrogens is 274 g/mol. The largest absolute Gasteiger partial charge is 0.481 e. The van der Waals surface area contributed by atoms with Crippen molar-refractivity contribution in [2.45, 2.75) is 0 Å². The van der Waals surface area contributed by atoms with Gasteiger partial charge in [0.05, 0.1) is 20.3 Å². The molecule has 1 heterocycles. The highest BCUT2D eigenvalue weighted by atomic mass is 16.5. The van der Waals surface area contributed by atoms with Crippen LogP contribution in [0.4, 0.5) is 11.6 Å². The number of nitrogens with zero attached hydrogens (tertiary/aromatic N) is 3. The van der Waals surface area contributed by atoms with Crippen LogP contribution in [-0.2, 0) is 4.79 Å². The smallest absolute Gasteiger partial charge is 0.323 e. The standard InChI is InChI=1S/C14H15N3O4/c1-20-11-8-12(21-2)16-14(15-11)17(9-13(18)19)10-6-4-3-5-7-10/h3-8H,9H2,1-2H3,(H,18,19). The lowest BCUT2D eigenvalue weighted by Gasteiger charge is -2.21. The molecule has 0 saturated heterocycles. The summed E-state index contributed by atoms with van der Waals surface area (Å²) in [7, 11) is 2.94. The molecule has 0 radical (unpaired) electrons. The van der Waals surface area contributed by atoms with Crippen molar-refractivity contribution in [3.05, 3.63) is 36.4 Å². The summed E-state index contributed by atoms with van der Waals surface area (Å²) in [6, 6.07) is 10.5. The van der Waals surface area contributed by atoms with Crippen molar-refractivity contribution < 1.29 is 19.4 Å². The van der Waals surface area contributed by atoms with Crippen molar-refractivity contribution in [2.24, 2.45) is 0 Å². The number of hydrogen-bond donors (Lipinski definition) is 1. The van der Waals surface area contributed by atoms with Gasteiger partial charge in [0.25, 0.3) is 0 Å². The summed E-state index contributed by atoms with van der Waals surface area (Å²) in [6.45, 7) is -0.277. The van der Waals surface area contributed by atoms with Crippen molar-refractivity contribution in [1.82, 2.24) is 9.97 Å². The highest BCUT2D eigenvalue weighted by molar-refractivity contribution is 5.77. The molecule has 0 bridgehead atoms. The number of carbonyl (C=O) groups is 1. The number of anilines is 2. The minimum absolute atomic E-state index is 0.194. The van der Waals surface area contributed by atoms with Crippen LogP contribution in [-0.4, -0.2) is 41.8 Å². The molecule has 0 saturated carbocycles. The van der Waals surface area contributed by atoms with Crippen LogP contribution in [0.2, 0.25) is 0 Å². The van der Waals surface area contributed by atoms with Gasteiger partial charge in [-0.1, -0.05) is 18.2 Å². The summed E-state index contributed by atoms with van der Waals surface area (Å²) < 4.78 is 10.2. The molecule has 2 rings (SSSR count). The molecule has 0 atom stereocenters. The van der Waals surface area contributed by atoms with Crippen molar-refractivity contribution in [2.75, 3.05) is 25.7 Å². The number of aromatic nitrogens is 2. The van der Waals surface area contributed by atoms with Gasteiger partial charge in [0.15, 0.2) is 0 Å². The molecule has 1 aromatic carbocycles. The summed E-state index contributed by atoms with van der Waals surface area (Å²) in [6.07, 6.45) is 0. The van der Waals surface area contributed by atoms with Gasteiger partial charge in [-0.05, 0) is 12.1 Å². The summed E-state index contributed by atoms with van der Waals surface area (Å²) in [5.41, 5.74) is 0.662. The first-order chi connectivity index (χ1) is 10.1. The van der Waals surface area contributed by atoms with Crippen molar-refractivity contribution in [3.63, 3.8) is 0 Å². The van der Waals surface area contributed by atoms with Gasteiger partial charge in [-0.3, -0.25) is 9.69 Å². The number of para-hydroxylation sites is 1. The summed E-state index contributed by atoms with van der Waals surface area (Å²) in [4.78, 5) is 20.9. The monoisotopic (exact) mass is 289 g/mol. The van der Waals surface area contributed by atoms with E-state index in [1.807, 2.05) is 18.2 Å². The van der Waals surface area contributed by atoms with Gasteiger partial charge in [0, 0.05) is 5.69 Å². The molecule has 110 valence electrons. The van der Waals surface area contributed by atoms with Crippen LogP contribution in [0.15, 0.2) is 36.4 Å². The fourth-order valence-corrected chi connectivity index (χ4v) is 1.74. The predicted octanol–water partition coefficient (Wildman–Crippen LogP) is 1.72. The zero-order chi connectivity index (χ0) is 15.2. The van der Waals surface area contributed by atoms with Crippen LogP contribution in [0.5, 0.6) is 11.8 Å². The first kappa shape index (κ1) is 14.6. The Morgan fingerprint density at radius 3 is 2.19 bits per heavy atom. The first-order valence-corrected chi connectivity index (χ1v) is 6.15. The molecule has 1 aromatic heterocycles. The number of methoxy groups -OCH3 is 2. The number of rotatable bonds is 6. The van der Waals surface area contributed by atoms with Crippen molar-refractivity contribution >= 4 is 17.6 Å². The molecule has 21 heavy (non-hydrogen) atoms. The Labute approximate surface area is 121 Å². The van der Waals surface area contributed by atoms with Crippen LogP contribution in [0.1, 0.15) is 0 Å². The summed E-state index contributed by atoms with van der Waals surface area (Å²) in [5, 5.41) is 9.10. The van der Waals surface area contributed by atoms with Crippen LogP contribution >= 0.6 is 0 Å². The third kappa shape index (κ3) is 3.59. The molecule has 2 aromatic rings. The van der Waals surface area contributed by atoms with Gasteiger partial charge >= 0.3 is 5.97 Å². The van der Waals surface area contributed by atoms with Gasteiger partial charge < -0.3 is 14.6 Å². The molecule has 0 fully saturated rings. The van der Waals surface area contributed by atoms with Crippen LogP contribution in [0, 0.1) is 0 Å². The van der Waals surface area contributed by atoms with E-state index >= 15 is 0 Å². The van der Waals surface area contributed by atoms with E-state index in [1.165, 1.54) is 25.2 Å². The zero-order valence-corrected chi connectivity index (χ0v) is 11.7. The van der Waals surface area contributed by atoms with E-state index in [0.717, 1.165) is 0 Å². The Kier molecular flexibility index (Phi) is 4.55. The summed E-state index contributed by atoms with van der Waals surface area (Å²) >= 11 is 0. The molecule has 1 N–H and O–H groups in total. The molecule has 7 nitrogen and oxygen atoms in total. The van der Waals surface area contributed by atoms with E-state index in [9.17, 15) is 4.79 Å². The van der Waals surface area contributed by atoms with Gasteiger partial charge in [-0.25, -0.2) is 0 Å². The lowest BCUT2D eigenvalue weighted by molar-refractivity contribution is -0.135. The maximum absolute atomic E-state index is 11.1. The predicted molar refractivity (Wildman–Crippen MR) is 76.2 cm³/mol. The zero-order valence-electron chi connectivity index (χ0n) is 11.7. The van der Waals surface area contributed by atoms with Gasteiger partial charge in [-0.15, -0.1) is 0 Å². The Morgan fingerprint density at radius 1 is 1.14 bits per heavy atom. The topological polar surface area (TPSA) is 84.8 Å². The minimum atomic E-state index is -0.996. The minimum Gasteiger partial charge on any atom is -0.481 e. The van der Waals surface area contributed by atoms with E-state index < -0.39 is 5.97 Å². The van der Waals surface area contributed by atoms with E-state index in [4.69, 9.17) is 14.6 Å². The third-order valence-corrected chi connectivity index (χ3v) is 2.69. The van der Waals surface area contributed by atoms with Crippen molar-refractivity contribution in [1.29, 1.82) is 0 Å². The maximum atomic E-state index is 11.1. The van der Waals surface area contributed by atoms with E-state index in [1.54, 1.807) is 12.1 Å². The van der Waals surface area contributed by atoms with Gasteiger partial charge in [-0.2, -0.15) is 9.97 Å². The number of hydrogen-bond acceptors (Lipinski definition) is 6. The highest BCUT2D eigenvalue weighted by Crippen LogP contribution is 2.26. The van der Waals surface area contributed by atoms with Gasteiger partial charge in [0.2, 0.25) is 17.7 Å². The lowest BCUT2D eigenvalue weighted by Crippen LogP contribution is -2.26. The SMILES string of the molecule is COc1cc(OC)nc(N(CC(=O)O)c2ccccc2)n1. The molecule has 0 aliphatic rings. The fraction of sp³-hybridized carbons (Fsp3) is 0.214. The third-order valence-electron chi connectivity index (χ3n) is 2.69. The summed E-state index contributed by atoms with van der Waals surface area (Å²) in [5.74, 6) is -0.213. The maximum Gasteiger partial charge on any atom is 0.323 e. The molecule has 0 aliphatic heterocycles. The van der Waals surface area contributed by atoms with Gasteiger partial charge in [0.1, 0.15) is 6.54 Å². The second-order valence-electron chi connectivity index (χ2n) is 4.07. The first-order valence-electron chi connectivity index (χ1n) is 6.15.